The molecule has 0 spiro atoms. The van der Waals surface area contributed by atoms with Crippen molar-refractivity contribution in [1.29, 1.82) is 0 Å². The average Bonchev–Trinajstić information content (AvgIpc) is 3.05. The Bertz CT molecular complexity index is 502. The zero-order valence-electron chi connectivity index (χ0n) is 13.0. The zero-order valence-corrected chi connectivity index (χ0v) is 13.8. The molecule has 1 aliphatic heterocycles. The Morgan fingerprint density at radius 1 is 1.18 bits per heavy atom. The van der Waals surface area contributed by atoms with E-state index >= 15 is 0 Å². The number of carboxylic acid groups (broad SMARTS) is 1. The monoisotopic (exact) mass is 319 g/mol. The van der Waals surface area contributed by atoms with Crippen molar-refractivity contribution in [3.63, 3.8) is 0 Å². The van der Waals surface area contributed by atoms with Crippen LogP contribution in [0.4, 0.5) is 0 Å². The molecule has 1 aliphatic carbocycles. The van der Waals surface area contributed by atoms with Crippen molar-refractivity contribution in [1.82, 2.24) is 5.32 Å². The third-order valence-electron chi connectivity index (χ3n) is 5.00. The summed E-state index contributed by atoms with van der Waals surface area (Å²) >= 11 is 1.52. The zero-order chi connectivity index (χ0) is 15.4. The van der Waals surface area contributed by atoms with Crippen LogP contribution in [0.15, 0.2) is 24.3 Å². The summed E-state index contributed by atoms with van der Waals surface area (Å²) in [6.45, 7) is 0.805. The van der Waals surface area contributed by atoms with Crippen LogP contribution < -0.4 is 5.32 Å². The van der Waals surface area contributed by atoms with Gasteiger partial charge in [0.2, 0.25) is 0 Å². The van der Waals surface area contributed by atoms with Crippen LogP contribution in [0.5, 0.6) is 0 Å². The van der Waals surface area contributed by atoms with Crippen LogP contribution in [-0.4, -0.2) is 22.5 Å². The lowest BCUT2D eigenvalue weighted by atomic mass is 9.84. The van der Waals surface area contributed by atoms with Crippen LogP contribution in [0.25, 0.3) is 0 Å². The van der Waals surface area contributed by atoms with Crippen LogP contribution in [0.3, 0.4) is 0 Å². The first-order chi connectivity index (χ1) is 10.7. The van der Waals surface area contributed by atoms with Crippen molar-refractivity contribution >= 4 is 17.7 Å². The van der Waals surface area contributed by atoms with Gasteiger partial charge in [0.15, 0.2) is 4.87 Å². The van der Waals surface area contributed by atoms with Gasteiger partial charge in [-0.15, -0.1) is 11.8 Å². The van der Waals surface area contributed by atoms with Crippen molar-refractivity contribution < 1.29 is 9.90 Å². The largest absolute Gasteiger partial charge is 0.479 e. The molecule has 4 heteroatoms. The van der Waals surface area contributed by atoms with Gasteiger partial charge < -0.3 is 5.11 Å². The Balaban J connectivity index is 1.60. The summed E-state index contributed by atoms with van der Waals surface area (Å²) in [6, 6.07) is 8.87. The number of hydrogen-bond acceptors (Lipinski definition) is 3. The first kappa shape index (κ1) is 15.9. The van der Waals surface area contributed by atoms with E-state index in [2.05, 4.69) is 29.6 Å². The van der Waals surface area contributed by atoms with Gasteiger partial charge in [-0.3, -0.25) is 5.32 Å². The fourth-order valence-corrected chi connectivity index (χ4v) is 4.83. The molecule has 120 valence electrons. The van der Waals surface area contributed by atoms with Crippen molar-refractivity contribution in [3.8, 4) is 0 Å². The number of aliphatic carboxylic acids is 1. The van der Waals surface area contributed by atoms with E-state index in [9.17, 15) is 9.90 Å². The van der Waals surface area contributed by atoms with Gasteiger partial charge >= 0.3 is 5.97 Å². The SMILES string of the molecule is O=C(O)[C@@]1(SCc2ccc(C3CCCCC3)cc2)CCCN1. The molecule has 0 radical (unpaired) electrons. The second kappa shape index (κ2) is 7.05. The minimum Gasteiger partial charge on any atom is -0.479 e. The maximum absolute atomic E-state index is 11.5. The number of carbonyl (C=O) groups is 1. The normalized spacial score (nSPS) is 26.2. The summed E-state index contributed by atoms with van der Waals surface area (Å²) in [5.74, 6) is 0.760. The van der Waals surface area contributed by atoms with E-state index in [1.54, 1.807) is 0 Å². The van der Waals surface area contributed by atoms with E-state index in [1.165, 1.54) is 55.0 Å². The van der Waals surface area contributed by atoms with Gasteiger partial charge in [0.05, 0.1) is 0 Å². The number of nitrogens with one attached hydrogen (secondary N) is 1. The standard InChI is InChI=1S/C18H25NO2S/c20-17(21)18(11-4-12-19-18)22-13-14-7-9-16(10-8-14)15-5-2-1-3-6-15/h7-10,15,19H,1-6,11-13H2,(H,20,21)/t18-/m0/s1. The molecule has 2 fully saturated rings. The maximum atomic E-state index is 11.5. The average molecular weight is 319 g/mol. The smallest absolute Gasteiger partial charge is 0.334 e. The summed E-state index contributed by atoms with van der Waals surface area (Å²) < 4.78 is 0. The van der Waals surface area contributed by atoms with Gasteiger partial charge in [-0.25, -0.2) is 4.79 Å². The van der Waals surface area contributed by atoms with Gasteiger partial charge in [0, 0.05) is 5.75 Å². The highest BCUT2D eigenvalue weighted by atomic mass is 32.2. The molecule has 0 bridgehead atoms. The molecule has 22 heavy (non-hydrogen) atoms. The molecule has 3 rings (SSSR count). The van der Waals surface area contributed by atoms with E-state index in [-0.39, 0.29) is 0 Å². The van der Waals surface area contributed by atoms with Gasteiger partial charge in [-0.05, 0) is 49.3 Å². The van der Waals surface area contributed by atoms with Gasteiger partial charge in [0.25, 0.3) is 0 Å². The first-order valence-electron chi connectivity index (χ1n) is 8.41. The van der Waals surface area contributed by atoms with Crippen LogP contribution in [0, 0.1) is 0 Å². The molecule has 1 saturated carbocycles. The highest BCUT2D eigenvalue weighted by Gasteiger charge is 2.41. The van der Waals surface area contributed by atoms with Crippen LogP contribution in [0.2, 0.25) is 0 Å². The molecule has 1 aromatic rings. The maximum Gasteiger partial charge on any atom is 0.334 e. The van der Waals surface area contributed by atoms with E-state index in [0.717, 1.165) is 24.6 Å². The Morgan fingerprint density at radius 3 is 2.50 bits per heavy atom. The van der Waals surface area contributed by atoms with Crippen molar-refractivity contribution in [3.05, 3.63) is 35.4 Å². The molecular weight excluding hydrogens is 294 g/mol. The lowest BCUT2D eigenvalue weighted by Crippen LogP contribution is -2.44. The Hall–Kier alpha value is -1.00. The fourth-order valence-electron chi connectivity index (χ4n) is 3.61. The second-order valence-electron chi connectivity index (χ2n) is 6.53. The van der Waals surface area contributed by atoms with Gasteiger partial charge in [-0.1, -0.05) is 43.5 Å². The molecule has 1 heterocycles. The van der Waals surface area contributed by atoms with Crippen LogP contribution >= 0.6 is 11.8 Å². The highest BCUT2D eigenvalue weighted by Crippen LogP contribution is 2.36. The lowest BCUT2D eigenvalue weighted by molar-refractivity contribution is -0.140. The summed E-state index contributed by atoms with van der Waals surface area (Å²) in [4.78, 5) is 10.7. The molecular formula is C18H25NO2S. The van der Waals surface area contributed by atoms with E-state index in [4.69, 9.17) is 0 Å². The van der Waals surface area contributed by atoms with E-state index < -0.39 is 10.8 Å². The van der Waals surface area contributed by atoms with Crippen LogP contribution in [-0.2, 0) is 10.5 Å². The summed E-state index contributed by atoms with van der Waals surface area (Å²) in [7, 11) is 0. The van der Waals surface area contributed by atoms with Crippen molar-refractivity contribution in [2.45, 2.75) is 61.5 Å². The molecule has 3 nitrogen and oxygen atoms in total. The molecule has 0 unspecified atom stereocenters. The number of carboxylic acids is 1. The Kier molecular flexibility index (Phi) is 5.09. The summed E-state index contributed by atoms with van der Waals surface area (Å²) in [6.07, 6.45) is 8.40. The predicted octanol–water partition coefficient (Wildman–Crippen LogP) is 4.13. The predicted molar refractivity (Wildman–Crippen MR) is 91.2 cm³/mol. The van der Waals surface area contributed by atoms with Crippen molar-refractivity contribution in [2.75, 3.05) is 6.54 Å². The number of rotatable bonds is 5. The van der Waals surface area contributed by atoms with Gasteiger partial charge in [-0.2, -0.15) is 0 Å². The number of benzene rings is 1. The Morgan fingerprint density at radius 2 is 1.91 bits per heavy atom. The topological polar surface area (TPSA) is 49.3 Å². The molecule has 1 saturated heterocycles. The molecule has 0 aromatic heterocycles. The summed E-state index contributed by atoms with van der Waals surface area (Å²) in [5, 5.41) is 12.6. The molecule has 2 aliphatic rings. The molecule has 1 aromatic carbocycles. The first-order valence-corrected chi connectivity index (χ1v) is 9.39. The fraction of sp³-hybridized carbons (Fsp3) is 0.611. The number of thioether (sulfide) groups is 1. The third kappa shape index (κ3) is 3.49. The van der Waals surface area contributed by atoms with Gasteiger partial charge in [0.1, 0.15) is 0 Å². The van der Waals surface area contributed by atoms with E-state index in [1.807, 2.05) is 0 Å². The molecule has 0 amide bonds. The Labute approximate surface area is 136 Å². The van der Waals surface area contributed by atoms with Crippen molar-refractivity contribution in [2.24, 2.45) is 0 Å². The summed E-state index contributed by atoms with van der Waals surface area (Å²) in [5.41, 5.74) is 2.68. The minimum absolute atomic E-state index is 0.715. The quantitative estimate of drug-likeness (QED) is 0.856. The number of hydrogen-bond donors (Lipinski definition) is 2. The lowest BCUT2D eigenvalue weighted by Gasteiger charge is -2.24. The molecule has 1 atom stereocenters. The minimum atomic E-state index is -0.776. The second-order valence-corrected chi connectivity index (χ2v) is 7.80. The molecule has 2 N–H and O–H groups in total. The highest BCUT2D eigenvalue weighted by molar-refractivity contribution is 8.00. The third-order valence-corrected chi connectivity index (χ3v) is 6.50. The van der Waals surface area contributed by atoms with Crippen LogP contribution in [0.1, 0.15) is 62.0 Å². The van der Waals surface area contributed by atoms with E-state index in [0.29, 0.717) is 6.42 Å².